The molecule has 2 aromatic rings. The van der Waals surface area contributed by atoms with Crippen LogP contribution in [0.4, 0.5) is 10.5 Å². The summed E-state index contributed by atoms with van der Waals surface area (Å²) in [5.74, 6) is -0.336. The molecule has 3 N–H and O–H groups in total. The number of benzene rings is 2. The Bertz CT molecular complexity index is 880. The van der Waals surface area contributed by atoms with Gasteiger partial charge in [-0.05, 0) is 42.8 Å². The highest BCUT2D eigenvalue weighted by atomic mass is 35.5. The number of carbonyl (C=O) groups is 2. The van der Waals surface area contributed by atoms with Gasteiger partial charge >= 0.3 is 6.03 Å². The van der Waals surface area contributed by atoms with Crippen LogP contribution in [-0.4, -0.2) is 11.9 Å². The van der Waals surface area contributed by atoms with E-state index in [0.717, 1.165) is 5.56 Å². The molecule has 0 aliphatic carbocycles. The van der Waals surface area contributed by atoms with E-state index < -0.39 is 6.04 Å². The normalized spacial score (nSPS) is 16.9. The van der Waals surface area contributed by atoms with Crippen molar-refractivity contribution in [2.45, 2.75) is 13.0 Å². The summed E-state index contributed by atoms with van der Waals surface area (Å²) in [6, 6.07) is 12.9. The first kappa shape index (κ1) is 17.3. The molecule has 2 aromatic carbocycles. The van der Waals surface area contributed by atoms with Crippen molar-refractivity contribution in [3.63, 3.8) is 0 Å². The first-order valence-electron chi connectivity index (χ1n) is 7.54. The van der Waals surface area contributed by atoms with Gasteiger partial charge in [0.05, 0.1) is 11.6 Å². The van der Waals surface area contributed by atoms with E-state index in [2.05, 4.69) is 16.0 Å². The second-order valence-electron chi connectivity index (χ2n) is 5.59. The molecule has 1 aliphatic rings. The Labute approximate surface area is 155 Å². The molecule has 3 amide bonds. The molecule has 1 heterocycles. The van der Waals surface area contributed by atoms with Gasteiger partial charge in [-0.3, -0.25) is 4.79 Å². The lowest BCUT2D eigenvalue weighted by molar-refractivity contribution is -0.113. The van der Waals surface area contributed by atoms with Crippen LogP contribution >= 0.6 is 23.2 Å². The molecule has 0 bridgehead atoms. The lowest BCUT2D eigenvalue weighted by Gasteiger charge is -2.28. The molecule has 128 valence electrons. The summed E-state index contributed by atoms with van der Waals surface area (Å²) >= 11 is 12.0. The maximum absolute atomic E-state index is 12.8. The highest BCUT2D eigenvalue weighted by molar-refractivity contribution is 6.31. The molecule has 0 saturated heterocycles. The molecule has 3 rings (SSSR count). The van der Waals surface area contributed by atoms with E-state index in [9.17, 15) is 9.59 Å². The molecule has 0 spiro atoms. The van der Waals surface area contributed by atoms with E-state index in [0.29, 0.717) is 27.0 Å². The average Bonchev–Trinajstić information content (AvgIpc) is 2.54. The molecule has 1 unspecified atom stereocenters. The second-order valence-corrected chi connectivity index (χ2v) is 6.46. The monoisotopic (exact) mass is 375 g/mol. The number of carbonyl (C=O) groups excluding carboxylic acids is 2. The third-order valence-corrected chi connectivity index (χ3v) is 4.25. The first-order chi connectivity index (χ1) is 11.9. The number of allylic oxidation sites excluding steroid dienone is 1. The van der Waals surface area contributed by atoms with E-state index in [1.807, 2.05) is 6.07 Å². The van der Waals surface area contributed by atoms with Gasteiger partial charge in [-0.15, -0.1) is 0 Å². The molecule has 0 saturated carbocycles. The van der Waals surface area contributed by atoms with Crippen molar-refractivity contribution in [2.24, 2.45) is 0 Å². The van der Waals surface area contributed by atoms with Crippen LogP contribution in [0.5, 0.6) is 0 Å². The van der Waals surface area contributed by atoms with Crippen LogP contribution < -0.4 is 16.0 Å². The molecular weight excluding hydrogens is 361 g/mol. The summed E-state index contributed by atoms with van der Waals surface area (Å²) in [5, 5.41) is 9.25. The zero-order valence-electron chi connectivity index (χ0n) is 13.3. The van der Waals surface area contributed by atoms with Crippen LogP contribution in [0.3, 0.4) is 0 Å². The largest absolute Gasteiger partial charge is 0.327 e. The third-order valence-electron chi connectivity index (χ3n) is 3.78. The van der Waals surface area contributed by atoms with Crippen LogP contribution in [0.25, 0.3) is 0 Å². The SMILES string of the molecule is CC1=C(C(=O)Nc2cccc(Cl)c2)C(c2cccc(Cl)c2)NC(=O)N1. The smallest absolute Gasteiger partial charge is 0.319 e. The number of hydrogen-bond acceptors (Lipinski definition) is 2. The van der Waals surface area contributed by atoms with Crippen LogP contribution in [0.1, 0.15) is 18.5 Å². The molecule has 0 fully saturated rings. The van der Waals surface area contributed by atoms with Crippen LogP contribution in [0.15, 0.2) is 59.8 Å². The number of nitrogens with one attached hydrogen (secondary N) is 3. The van der Waals surface area contributed by atoms with Gasteiger partial charge in [-0.1, -0.05) is 41.4 Å². The minimum Gasteiger partial charge on any atom is -0.327 e. The van der Waals surface area contributed by atoms with Gasteiger partial charge in [-0.2, -0.15) is 0 Å². The van der Waals surface area contributed by atoms with E-state index >= 15 is 0 Å². The van der Waals surface area contributed by atoms with Gasteiger partial charge in [0.2, 0.25) is 0 Å². The minimum absolute atomic E-state index is 0.336. The summed E-state index contributed by atoms with van der Waals surface area (Å²) in [6.07, 6.45) is 0. The first-order valence-corrected chi connectivity index (χ1v) is 8.30. The summed E-state index contributed by atoms with van der Waals surface area (Å²) in [6.45, 7) is 1.68. The quantitative estimate of drug-likeness (QED) is 0.749. The van der Waals surface area contributed by atoms with Gasteiger partial charge in [0.15, 0.2) is 0 Å². The second kappa shape index (κ2) is 7.17. The molecular formula is C18H15Cl2N3O2. The maximum Gasteiger partial charge on any atom is 0.319 e. The molecule has 7 heteroatoms. The number of anilines is 1. The van der Waals surface area contributed by atoms with E-state index in [4.69, 9.17) is 23.2 Å². The fraction of sp³-hybridized carbons (Fsp3) is 0.111. The number of rotatable bonds is 3. The molecule has 0 aromatic heterocycles. The minimum atomic E-state index is -0.605. The third kappa shape index (κ3) is 3.95. The van der Waals surface area contributed by atoms with Gasteiger partial charge in [0, 0.05) is 21.4 Å². The van der Waals surface area contributed by atoms with Crippen LogP contribution in [-0.2, 0) is 4.79 Å². The van der Waals surface area contributed by atoms with Gasteiger partial charge in [-0.25, -0.2) is 4.79 Å². The van der Waals surface area contributed by atoms with Gasteiger partial charge < -0.3 is 16.0 Å². The predicted octanol–water partition coefficient (Wildman–Crippen LogP) is 4.26. The van der Waals surface area contributed by atoms with Gasteiger partial charge in [0.25, 0.3) is 5.91 Å². The van der Waals surface area contributed by atoms with Crippen LogP contribution in [0, 0.1) is 0 Å². The van der Waals surface area contributed by atoms with Crippen molar-refractivity contribution >= 4 is 40.8 Å². The zero-order valence-corrected chi connectivity index (χ0v) is 14.8. The summed E-state index contributed by atoms with van der Waals surface area (Å²) in [7, 11) is 0. The number of hydrogen-bond donors (Lipinski definition) is 3. The Morgan fingerprint density at radius 3 is 2.44 bits per heavy atom. The number of halogens is 2. The lowest BCUT2D eigenvalue weighted by atomic mass is 9.95. The standard InChI is InChI=1S/C18H15Cl2N3O2/c1-10-15(17(24)22-14-7-3-6-13(20)9-14)16(23-18(25)21-10)11-4-2-5-12(19)8-11/h2-9,16H,1H3,(H,22,24)(H2,21,23,25). The van der Waals surface area contributed by atoms with E-state index in [1.165, 1.54) is 0 Å². The fourth-order valence-corrected chi connectivity index (χ4v) is 3.08. The topological polar surface area (TPSA) is 70.2 Å². The lowest BCUT2D eigenvalue weighted by Crippen LogP contribution is -2.45. The molecule has 5 nitrogen and oxygen atoms in total. The van der Waals surface area contributed by atoms with E-state index in [1.54, 1.807) is 49.4 Å². The molecule has 1 atom stereocenters. The Kier molecular flexibility index (Phi) is 4.97. The summed E-state index contributed by atoms with van der Waals surface area (Å²) in [5.41, 5.74) is 2.17. The van der Waals surface area contributed by atoms with Crippen molar-refractivity contribution in [3.05, 3.63) is 75.4 Å². The highest BCUT2D eigenvalue weighted by Crippen LogP contribution is 2.29. The van der Waals surface area contributed by atoms with Crippen molar-refractivity contribution < 1.29 is 9.59 Å². The average molecular weight is 376 g/mol. The number of urea groups is 1. The summed E-state index contributed by atoms with van der Waals surface area (Å²) < 4.78 is 0. The van der Waals surface area contributed by atoms with Gasteiger partial charge in [0.1, 0.15) is 0 Å². The van der Waals surface area contributed by atoms with Crippen molar-refractivity contribution in [3.8, 4) is 0 Å². The maximum atomic E-state index is 12.8. The van der Waals surface area contributed by atoms with Crippen molar-refractivity contribution in [2.75, 3.05) is 5.32 Å². The Balaban J connectivity index is 1.96. The Hall–Kier alpha value is -2.50. The summed E-state index contributed by atoms with van der Waals surface area (Å²) in [4.78, 5) is 24.7. The molecule has 25 heavy (non-hydrogen) atoms. The predicted molar refractivity (Wildman–Crippen MR) is 98.6 cm³/mol. The van der Waals surface area contributed by atoms with Crippen molar-refractivity contribution in [1.82, 2.24) is 10.6 Å². The molecule has 0 radical (unpaired) electrons. The Morgan fingerprint density at radius 2 is 1.76 bits per heavy atom. The van der Waals surface area contributed by atoms with Crippen LogP contribution in [0.2, 0.25) is 10.0 Å². The molecule has 1 aliphatic heterocycles. The zero-order chi connectivity index (χ0) is 18.0. The van der Waals surface area contributed by atoms with E-state index in [-0.39, 0.29) is 11.9 Å². The van der Waals surface area contributed by atoms with Crippen molar-refractivity contribution in [1.29, 1.82) is 0 Å². The fourth-order valence-electron chi connectivity index (χ4n) is 2.70. The number of amides is 3. The Morgan fingerprint density at radius 1 is 1.08 bits per heavy atom. The highest BCUT2D eigenvalue weighted by Gasteiger charge is 2.31.